The number of carbonyl (C=O) groups excluding carboxylic acids is 2. The fourth-order valence-electron chi connectivity index (χ4n) is 4.18. The van der Waals surface area contributed by atoms with Crippen molar-refractivity contribution in [2.75, 3.05) is 11.9 Å². The van der Waals surface area contributed by atoms with Crippen LogP contribution in [-0.2, 0) is 28.9 Å². The van der Waals surface area contributed by atoms with Gasteiger partial charge in [-0.15, -0.1) is 11.3 Å². The normalized spacial score (nSPS) is 15.8. The van der Waals surface area contributed by atoms with Crippen molar-refractivity contribution in [3.8, 4) is 6.07 Å². The Morgan fingerprint density at radius 2 is 2.06 bits per heavy atom. The third-order valence-electron chi connectivity index (χ3n) is 6.01. The van der Waals surface area contributed by atoms with Crippen molar-refractivity contribution in [2.45, 2.75) is 67.3 Å². The Hall–Kier alpha value is -2.66. The van der Waals surface area contributed by atoms with Crippen LogP contribution in [0, 0.1) is 36.5 Å². The van der Waals surface area contributed by atoms with Gasteiger partial charge in [0.15, 0.2) is 0 Å². The summed E-state index contributed by atoms with van der Waals surface area (Å²) in [5, 5.41) is 17.6. The fourth-order valence-corrected chi connectivity index (χ4v) is 5.48. The molecule has 8 heteroatoms. The van der Waals surface area contributed by atoms with Crippen LogP contribution in [-0.4, -0.2) is 28.3 Å². The first kappa shape index (κ1) is 23.0. The van der Waals surface area contributed by atoms with Gasteiger partial charge in [0.1, 0.15) is 23.2 Å². The number of thiophene rings is 1. The summed E-state index contributed by atoms with van der Waals surface area (Å²) in [4.78, 5) is 26.1. The molecule has 0 bridgehead atoms. The highest BCUT2D eigenvalue weighted by atomic mass is 32.1. The maximum Gasteiger partial charge on any atom is 0.341 e. The minimum Gasteiger partial charge on any atom is -0.462 e. The lowest BCUT2D eigenvalue weighted by molar-refractivity contribution is -0.116. The minimum atomic E-state index is -0.435. The van der Waals surface area contributed by atoms with Gasteiger partial charge in [0.05, 0.1) is 23.6 Å². The molecule has 1 unspecified atom stereocenters. The maximum atomic E-state index is 12.8. The predicted molar refractivity (Wildman–Crippen MR) is 120 cm³/mol. The number of esters is 1. The molecule has 0 radical (unpaired) electrons. The maximum absolute atomic E-state index is 12.8. The molecule has 3 rings (SSSR count). The molecule has 1 amide bonds. The van der Waals surface area contributed by atoms with E-state index >= 15 is 0 Å². The van der Waals surface area contributed by atoms with Gasteiger partial charge in [-0.2, -0.15) is 10.4 Å². The average molecular weight is 443 g/mol. The third-order valence-corrected chi connectivity index (χ3v) is 7.18. The number of nitriles is 1. The van der Waals surface area contributed by atoms with Gasteiger partial charge >= 0.3 is 5.97 Å². The van der Waals surface area contributed by atoms with E-state index in [2.05, 4.69) is 37.3 Å². The number of amides is 1. The first-order valence-corrected chi connectivity index (χ1v) is 11.4. The standard InChI is InChI=1S/C23H30N4O3S/c1-7-30-22(29)20-13(2)26-27(14(20)3)12-19(28)25-21-17(11-24)16-9-8-15(23(4,5)6)10-18(16)31-21/h15H,7-10,12H2,1-6H3,(H,25,28). The topological polar surface area (TPSA) is 97.0 Å². The second-order valence-corrected chi connectivity index (χ2v) is 10.2. The molecule has 7 nitrogen and oxygen atoms in total. The molecular weight excluding hydrogens is 412 g/mol. The van der Waals surface area contributed by atoms with Gasteiger partial charge in [0, 0.05) is 4.88 Å². The van der Waals surface area contributed by atoms with E-state index in [0.717, 1.165) is 24.8 Å². The summed E-state index contributed by atoms with van der Waals surface area (Å²) in [7, 11) is 0. The van der Waals surface area contributed by atoms with Crippen LogP contribution in [0.1, 0.15) is 71.9 Å². The zero-order chi connectivity index (χ0) is 22.9. The van der Waals surface area contributed by atoms with E-state index in [1.807, 2.05) is 0 Å². The lowest BCUT2D eigenvalue weighted by Crippen LogP contribution is -2.26. The molecule has 0 saturated heterocycles. The first-order valence-electron chi connectivity index (χ1n) is 10.6. The molecule has 1 atom stereocenters. The Labute approximate surface area is 187 Å². The molecule has 1 aliphatic carbocycles. The largest absolute Gasteiger partial charge is 0.462 e. The molecule has 166 valence electrons. The van der Waals surface area contributed by atoms with Crippen LogP contribution in [0.4, 0.5) is 5.00 Å². The molecule has 0 aliphatic heterocycles. The summed E-state index contributed by atoms with van der Waals surface area (Å²) in [6.45, 7) is 12.2. The van der Waals surface area contributed by atoms with Crippen LogP contribution in [0.3, 0.4) is 0 Å². The molecule has 2 heterocycles. The number of nitrogens with zero attached hydrogens (tertiary/aromatic N) is 3. The minimum absolute atomic E-state index is 0.0376. The van der Waals surface area contributed by atoms with Crippen molar-refractivity contribution in [3.63, 3.8) is 0 Å². The summed E-state index contributed by atoms with van der Waals surface area (Å²) in [6.07, 6.45) is 2.86. The number of rotatable bonds is 5. The van der Waals surface area contributed by atoms with Gasteiger partial charge in [-0.3, -0.25) is 9.48 Å². The van der Waals surface area contributed by atoms with Gasteiger partial charge in [-0.05, 0) is 56.9 Å². The van der Waals surface area contributed by atoms with E-state index in [-0.39, 0.29) is 24.5 Å². The van der Waals surface area contributed by atoms with Gasteiger partial charge in [0.25, 0.3) is 0 Å². The molecule has 2 aromatic heterocycles. The Balaban J connectivity index is 1.78. The zero-order valence-corrected chi connectivity index (χ0v) is 19.9. The molecule has 2 aromatic rings. The Kier molecular flexibility index (Phi) is 6.56. The average Bonchev–Trinajstić information content (AvgIpc) is 3.16. The third kappa shape index (κ3) is 4.67. The Morgan fingerprint density at radius 3 is 2.68 bits per heavy atom. The van der Waals surface area contributed by atoms with E-state index < -0.39 is 5.97 Å². The highest BCUT2D eigenvalue weighted by Gasteiger charge is 2.32. The molecule has 1 aliphatic rings. The number of nitrogens with one attached hydrogen (secondary N) is 1. The Bertz CT molecular complexity index is 1050. The van der Waals surface area contributed by atoms with E-state index in [1.54, 1.807) is 20.8 Å². The van der Waals surface area contributed by atoms with Crippen LogP contribution in [0.25, 0.3) is 0 Å². The molecule has 0 spiro atoms. The fraction of sp³-hybridized carbons (Fsp3) is 0.565. The van der Waals surface area contributed by atoms with Crippen molar-refractivity contribution in [1.82, 2.24) is 9.78 Å². The number of aryl methyl sites for hydroxylation is 1. The van der Waals surface area contributed by atoms with Crippen LogP contribution < -0.4 is 5.32 Å². The van der Waals surface area contributed by atoms with Crippen molar-refractivity contribution in [3.05, 3.63) is 33.0 Å². The van der Waals surface area contributed by atoms with Crippen molar-refractivity contribution in [2.24, 2.45) is 11.3 Å². The number of aromatic nitrogens is 2. The number of carbonyl (C=O) groups is 2. The molecule has 31 heavy (non-hydrogen) atoms. The van der Waals surface area contributed by atoms with E-state index in [1.165, 1.54) is 20.9 Å². The Morgan fingerprint density at radius 1 is 1.35 bits per heavy atom. The quantitative estimate of drug-likeness (QED) is 0.692. The zero-order valence-electron chi connectivity index (χ0n) is 19.1. The summed E-state index contributed by atoms with van der Waals surface area (Å²) in [5.74, 6) is -0.150. The van der Waals surface area contributed by atoms with Crippen molar-refractivity contribution >= 4 is 28.2 Å². The van der Waals surface area contributed by atoms with Crippen molar-refractivity contribution in [1.29, 1.82) is 5.26 Å². The predicted octanol–water partition coefficient (Wildman–Crippen LogP) is 4.40. The van der Waals surface area contributed by atoms with Gasteiger partial charge < -0.3 is 10.1 Å². The van der Waals surface area contributed by atoms with Gasteiger partial charge in [0.2, 0.25) is 5.91 Å². The number of hydrogen-bond acceptors (Lipinski definition) is 6. The molecule has 0 fully saturated rings. The van der Waals surface area contributed by atoms with E-state index in [9.17, 15) is 14.9 Å². The second-order valence-electron chi connectivity index (χ2n) is 9.10. The molecule has 0 aromatic carbocycles. The summed E-state index contributed by atoms with van der Waals surface area (Å²) >= 11 is 1.51. The van der Waals surface area contributed by atoms with Crippen LogP contribution in [0.2, 0.25) is 0 Å². The van der Waals surface area contributed by atoms with Crippen LogP contribution in [0.15, 0.2) is 0 Å². The molecule has 1 N–H and O–H groups in total. The van der Waals surface area contributed by atoms with Gasteiger partial charge in [-0.25, -0.2) is 4.79 Å². The number of ether oxygens (including phenoxy) is 1. The van der Waals surface area contributed by atoms with Crippen LogP contribution >= 0.6 is 11.3 Å². The highest BCUT2D eigenvalue weighted by Crippen LogP contribution is 2.44. The van der Waals surface area contributed by atoms with E-state index in [0.29, 0.717) is 33.4 Å². The number of anilines is 1. The second kappa shape index (κ2) is 8.83. The van der Waals surface area contributed by atoms with Crippen LogP contribution in [0.5, 0.6) is 0 Å². The van der Waals surface area contributed by atoms with Crippen molar-refractivity contribution < 1.29 is 14.3 Å². The highest BCUT2D eigenvalue weighted by molar-refractivity contribution is 7.16. The summed E-state index contributed by atoms with van der Waals surface area (Å²) < 4.78 is 6.59. The van der Waals surface area contributed by atoms with Gasteiger partial charge in [-0.1, -0.05) is 20.8 Å². The lowest BCUT2D eigenvalue weighted by atomic mass is 9.72. The monoisotopic (exact) mass is 442 g/mol. The molecular formula is C23H30N4O3S. The summed E-state index contributed by atoms with van der Waals surface area (Å²) in [5.41, 5.74) is 3.39. The van der Waals surface area contributed by atoms with E-state index in [4.69, 9.17) is 4.74 Å². The first-order chi connectivity index (χ1) is 14.6. The smallest absolute Gasteiger partial charge is 0.341 e. The molecule has 0 saturated carbocycles. The SMILES string of the molecule is CCOC(=O)c1c(C)nn(CC(=O)Nc2sc3c(c2C#N)CCC(C(C)(C)C)C3)c1C. The number of fused-ring (bicyclic) bond motifs is 1. The summed E-state index contributed by atoms with van der Waals surface area (Å²) in [6, 6.07) is 2.29. The number of hydrogen-bond donors (Lipinski definition) is 1. The lowest BCUT2D eigenvalue weighted by Gasteiger charge is -2.33.